The molecular weight excluding hydrogens is 379 g/mol. The van der Waals surface area contributed by atoms with E-state index >= 15 is 0 Å². The topological polar surface area (TPSA) is 75.0 Å². The lowest BCUT2D eigenvalue weighted by Gasteiger charge is -2.30. The van der Waals surface area contributed by atoms with E-state index in [0.29, 0.717) is 36.0 Å². The van der Waals surface area contributed by atoms with Gasteiger partial charge in [-0.1, -0.05) is 0 Å². The first-order chi connectivity index (χ1) is 13.7. The van der Waals surface area contributed by atoms with Gasteiger partial charge >= 0.3 is 0 Å². The van der Waals surface area contributed by atoms with Crippen molar-refractivity contribution >= 4 is 28.1 Å². The summed E-state index contributed by atoms with van der Waals surface area (Å²) in [5.41, 5.74) is 2.12. The molecular formula is C20H17FN4O2S. The van der Waals surface area contributed by atoms with Gasteiger partial charge in [-0.25, -0.2) is 4.39 Å². The van der Waals surface area contributed by atoms with Crippen LogP contribution in [0.1, 0.15) is 35.1 Å². The molecule has 1 N–H and O–H groups in total. The summed E-state index contributed by atoms with van der Waals surface area (Å²) >= 11 is 1.58. The number of nitrogens with one attached hydrogen (secondary N) is 1. The Balaban J connectivity index is 1.35. The molecule has 28 heavy (non-hydrogen) atoms. The molecule has 1 amide bonds. The molecule has 1 atom stereocenters. The van der Waals surface area contributed by atoms with Crippen LogP contribution in [0.4, 0.5) is 4.39 Å². The first-order valence-electron chi connectivity index (χ1n) is 9.11. The monoisotopic (exact) mass is 396 g/mol. The van der Waals surface area contributed by atoms with Crippen LogP contribution in [0.5, 0.6) is 0 Å². The van der Waals surface area contributed by atoms with E-state index in [-0.39, 0.29) is 17.6 Å². The third kappa shape index (κ3) is 3.09. The number of fused-ring (bicyclic) bond motifs is 1. The Kier molecular flexibility index (Phi) is 4.20. The molecule has 1 unspecified atom stereocenters. The molecule has 0 bridgehead atoms. The summed E-state index contributed by atoms with van der Waals surface area (Å²) in [4.78, 5) is 17.8. The molecule has 1 aliphatic heterocycles. The number of nitrogens with zero attached hydrogens (tertiary/aromatic N) is 3. The Morgan fingerprint density at radius 2 is 2.21 bits per heavy atom. The molecule has 1 saturated heterocycles. The molecule has 4 aromatic rings. The number of aromatic nitrogens is 3. The minimum absolute atomic E-state index is 0.0133. The maximum Gasteiger partial charge on any atom is 0.270 e. The molecule has 3 aromatic heterocycles. The van der Waals surface area contributed by atoms with Crippen LogP contribution < -0.4 is 0 Å². The average molecular weight is 396 g/mol. The van der Waals surface area contributed by atoms with Crippen molar-refractivity contribution in [2.45, 2.75) is 18.8 Å². The van der Waals surface area contributed by atoms with Crippen molar-refractivity contribution in [3.63, 3.8) is 0 Å². The summed E-state index contributed by atoms with van der Waals surface area (Å²) in [7, 11) is 0. The number of thiophene rings is 1. The second kappa shape index (κ2) is 6.87. The Labute approximate surface area is 164 Å². The van der Waals surface area contributed by atoms with Crippen LogP contribution in [-0.2, 0) is 0 Å². The maximum atomic E-state index is 13.4. The van der Waals surface area contributed by atoms with Crippen LogP contribution in [0.25, 0.3) is 22.4 Å². The van der Waals surface area contributed by atoms with E-state index in [1.54, 1.807) is 28.4 Å². The number of piperidine rings is 1. The predicted octanol–water partition coefficient (Wildman–Crippen LogP) is 4.44. The van der Waals surface area contributed by atoms with E-state index in [9.17, 15) is 9.18 Å². The van der Waals surface area contributed by atoms with Crippen LogP contribution in [0, 0.1) is 5.82 Å². The third-order valence-electron chi connectivity index (χ3n) is 5.08. The average Bonchev–Trinajstić information content (AvgIpc) is 3.46. The van der Waals surface area contributed by atoms with Gasteiger partial charge in [0.1, 0.15) is 11.5 Å². The number of H-pyrrole nitrogens is 1. The second-order valence-electron chi connectivity index (χ2n) is 6.96. The lowest BCUT2D eigenvalue weighted by molar-refractivity contribution is 0.0693. The molecule has 1 aromatic carbocycles. The van der Waals surface area contributed by atoms with Gasteiger partial charge in [0.2, 0.25) is 11.8 Å². The van der Waals surface area contributed by atoms with Crippen LogP contribution in [0.3, 0.4) is 0 Å². The Hall–Kier alpha value is -3.00. The third-order valence-corrected chi connectivity index (χ3v) is 5.76. The summed E-state index contributed by atoms with van der Waals surface area (Å²) in [5, 5.41) is 13.0. The van der Waals surface area contributed by atoms with Crippen molar-refractivity contribution in [3.05, 3.63) is 58.5 Å². The number of halogens is 1. The molecule has 5 rings (SSSR count). The van der Waals surface area contributed by atoms with Gasteiger partial charge in [0, 0.05) is 34.9 Å². The highest BCUT2D eigenvalue weighted by Gasteiger charge is 2.29. The highest BCUT2D eigenvalue weighted by atomic mass is 32.1. The van der Waals surface area contributed by atoms with Crippen LogP contribution in [0.15, 0.2) is 45.5 Å². The fourth-order valence-electron chi connectivity index (χ4n) is 3.65. The first kappa shape index (κ1) is 17.1. The van der Waals surface area contributed by atoms with E-state index in [2.05, 4.69) is 15.2 Å². The molecule has 8 heteroatoms. The zero-order chi connectivity index (χ0) is 19.1. The fraction of sp³-hybridized carbons (Fsp3) is 0.250. The van der Waals surface area contributed by atoms with Gasteiger partial charge in [-0.15, -0.1) is 10.2 Å². The lowest BCUT2D eigenvalue weighted by Crippen LogP contribution is -2.39. The highest BCUT2D eigenvalue weighted by molar-refractivity contribution is 7.08. The summed E-state index contributed by atoms with van der Waals surface area (Å²) in [5.74, 6) is 0.675. The largest absolute Gasteiger partial charge is 0.420 e. The first-order valence-corrected chi connectivity index (χ1v) is 10.1. The SMILES string of the molecule is O=C(c1cc2cc(F)ccc2[nH]1)N1CCCC(c2nnc(-c3ccsc3)o2)C1. The van der Waals surface area contributed by atoms with Gasteiger partial charge in [-0.2, -0.15) is 11.3 Å². The van der Waals surface area contributed by atoms with Crippen LogP contribution in [-0.4, -0.2) is 39.1 Å². The van der Waals surface area contributed by atoms with Crippen molar-refractivity contribution in [2.24, 2.45) is 0 Å². The van der Waals surface area contributed by atoms with Crippen molar-refractivity contribution < 1.29 is 13.6 Å². The zero-order valence-corrected chi connectivity index (χ0v) is 15.7. The second-order valence-corrected chi connectivity index (χ2v) is 7.74. The van der Waals surface area contributed by atoms with Gasteiger partial charge in [-0.05, 0) is 48.6 Å². The number of carbonyl (C=O) groups is 1. The Morgan fingerprint density at radius 1 is 1.29 bits per heavy atom. The minimum atomic E-state index is -0.318. The van der Waals surface area contributed by atoms with Gasteiger partial charge in [0.25, 0.3) is 5.91 Å². The smallest absolute Gasteiger partial charge is 0.270 e. The molecule has 142 valence electrons. The quantitative estimate of drug-likeness (QED) is 0.556. The van der Waals surface area contributed by atoms with Gasteiger partial charge < -0.3 is 14.3 Å². The number of carbonyl (C=O) groups excluding carboxylic acids is 1. The molecule has 0 spiro atoms. The molecule has 4 heterocycles. The molecule has 1 fully saturated rings. The van der Waals surface area contributed by atoms with Crippen molar-refractivity contribution in [2.75, 3.05) is 13.1 Å². The fourth-order valence-corrected chi connectivity index (χ4v) is 4.28. The number of likely N-dealkylation sites (tertiary alicyclic amines) is 1. The number of hydrogen-bond acceptors (Lipinski definition) is 5. The summed E-state index contributed by atoms with van der Waals surface area (Å²) < 4.78 is 19.3. The number of aromatic amines is 1. The molecule has 0 aliphatic carbocycles. The summed E-state index contributed by atoms with van der Waals surface area (Å²) in [6, 6.07) is 8.09. The standard InChI is InChI=1S/C20H17FN4O2S/c21-15-3-4-16-14(8-15)9-17(22-16)20(26)25-6-1-2-12(10-25)18-23-24-19(27-18)13-5-7-28-11-13/h3-5,7-9,11-12,22H,1-2,6,10H2. The number of rotatable bonds is 3. The predicted molar refractivity (Wildman–Crippen MR) is 104 cm³/mol. The van der Waals surface area contributed by atoms with Gasteiger partial charge in [0.15, 0.2) is 0 Å². The van der Waals surface area contributed by atoms with E-state index in [4.69, 9.17) is 4.42 Å². The van der Waals surface area contributed by atoms with Crippen molar-refractivity contribution in [1.29, 1.82) is 0 Å². The minimum Gasteiger partial charge on any atom is -0.420 e. The number of amides is 1. The summed E-state index contributed by atoms with van der Waals surface area (Å²) in [6.45, 7) is 1.19. The molecule has 0 radical (unpaired) electrons. The highest BCUT2D eigenvalue weighted by Crippen LogP contribution is 2.30. The van der Waals surface area contributed by atoms with Crippen molar-refractivity contribution in [1.82, 2.24) is 20.1 Å². The summed E-state index contributed by atoms with van der Waals surface area (Å²) in [6.07, 6.45) is 1.76. The maximum absolute atomic E-state index is 13.4. The zero-order valence-electron chi connectivity index (χ0n) is 14.9. The molecule has 0 saturated carbocycles. The van der Waals surface area contributed by atoms with E-state index < -0.39 is 0 Å². The van der Waals surface area contributed by atoms with Crippen LogP contribution in [0.2, 0.25) is 0 Å². The number of hydrogen-bond donors (Lipinski definition) is 1. The van der Waals surface area contributed by atoms with E-state index in [0.717, 1.165) is 23.9 Å². The van der Waals surface area contributed by atoms with Crippen LogP contribution >= 0.6 is 11.3 Å². The van der Waals surface area contributed by atoms with Gasteiger partial charge in [0.05, 0.1) is 5.92 Å². The van der Waals surface area contributed by atoms with Crippen molar-refractivity contribution in [3.8, 4) is 11.5 Å². The Bertz CT molecular complexity index is 1130. The molecule has 1 aliphatic rings. The number of benzene rings is 1. The lowest BCUT2D eigenvalue weighted by atomic mass is 9.98. The molecule has 6 nitrogen and oxygen atoms in total. The van der Waals surface area contributed by atoms with Gasteiger partial charge in [-0.3, -0.25) is 4.79 Å². The van der Waals surface area contributed by atoms with E-state index in [1.165, 1.54) is 12.1 Å². The normalized spacial score (nSPS) is 17.3. The van der Waals surface area contributed by atoms with E-state index in [1.807, 2.05) is 16.8 Å². The Morgan fingerprint density at radius 3 is 3.07 bits per heavy atom.